The fourth-order valence-electron chi connectivity index (χ4n) is 2.05. The van der Waals surface area contributed by atoms with Crippen LogP contribution in [-0.2, 0) is 14.3 Å². The molecule has 0 aromatic rings. The maximum atomic E-state index is 11.7. The molecule has 0 aromatic carbocycles. The zero-order valence-electron chi connectivity index (χ0n) is 10.2. The van der Waals surface area contributed by atoms with Crippen molar-refractivity contribution in [1.29, 1.82) is 0 Å². The number of rotatable bonds is 2. The summed E-state index contributed by atoms with van der Waals surface area (Å²) in [6.45, 7) is 9.85. The van der Waals surface area contributed by atoms with E-state index >= 15 is 0 Å². The summed E-state index contributed by atoms with van der Waals surface area (Å²) in [6, 6.07) is 0. The first kappa shape index (κ1) is 11.6. The van der Waals surface area contributed by atoms with Crippen LogP contribution in [0.4, 0.5) is 0 Å². The molecule has 90 valence electrons. The molecule has 2 heterocycles. The van der Waals surface area contributed by atoms with E-state index in [1.807, 2.05) is 20.8 Å². The molecule has 2 aliphatic heterocycles. The Morgan fingerprint density at radius 3 is 2.44 bits per heavy atom. The SMILES string of the molecule is CC1=C(CN2CCOCC2)C(=O)OC1(C)C. The Labute approximate surface area is 96.2 Å². The molecule has 16 heavy (non-hydrogen) atoms. The molecule has 1 saturated heterocycles. The van der Waals surface area contributed by atoms with Gasteiger partial charge in [-0.25, -0.2) is 4.79 Å². The van der Waals surface area contributed by atoms with Crippen LogP contribution in [0.15, 0.2) is 11.1 Å². The first-order valence-corrected chi connectivity index (χ1v) is 5.74. The molecule has 0 amide bonds. The van der Waals surface area contributed by atoms with Crippen molar-refractivity contribution in [2.24, 2.45) is 0 Å². The predicted octanol–water partition coefficient (Wildman–Crippen LogP) is 0.970. The molecule has 0 aromatic heterocycles. The molecule has 2 aliphatic rings. The van der Waals surface area contributed by atoms with E-state index in [1.54, 1.807) is 0 Å². The number of hydrogen-bond donors (Lipinski definition) is 0. The standard InChI is InChI=1S/C12H19NO3/c1-9-10(11(14)16-12(9,2)3)8-13-4-6-15-7-5-13/h4-8H2,1-3H3. The van der Waals surface area contributed by atoms with Gasteiger partial charge in [-0.15, -0.1) is 0 Å². The molecule has 0 atom stereocenters. The number of carbonyl (C=O) groups is 1. The van der Waals surface area contributed by atoms with Crippen LogP contribution in [0.5, 0.6) is 0 Å². The average Bonchev–Trinajstić information content (AvgIpc) is 2.42. The van der Waals surface area contributed by atoms with Crippen molar-refractivity contribution >= 4 is 5.97 Å². The maximum Gasteiger partial charge on any atom is 0.336 e. The van der Waals surface area contributed by atoms with Crippen molar-refractivity contribution in [2.75, 3.05) is 32.8 Å². The zero-order valence-corrected chi connectivity index (χ0v) is 10.2. The first-order chi connectivity index (χ1) is 7.50. The third-order valence-corrected chi connectivity index (χ3v) is 3.44. The van der Waals surface area contributed by atoms with Gasteiger partial charge in [-0.3, -0.25) is 4.90 Å². The second-order valence-corrected chi connectivity index (χ2v) is 4.89. The Hall–Kier alpha value is -0.870. The Bertz CT molecular complexity index is 327. The van der Waals surface area contributed by atoms with Crippen LogP contribution in [0.1, 0.15) is 20.8 Å². The van der Waals surface area contributed by atoms with Gasteiger partial charge in [-0.05, 0) is 26.3 Å². The molecule has 0 spiro atoms. The summed E-state index contributed by atoms with van der Waals surface area (Å²) in [5.41, 5.74) is 1.45. The quantitative estimate of drug-likeness (QED) is 0.656. The van der Waals surface area contributed by atoms with Crippen LogP contribution in [0.2, 0.25) is 0 Å². The number of morpholine rings is 1. The van der Waals surface area contributed by atoms with Gasteiger partial charge in [-0.1, -0.05) is 0 Å². The molecule has 4 heteroatoms. The molecule has 4 nitrogen and oxygen atoms in total. The molecule has 2 rings (SSSR count). The Morgan fingerprint density at radius 2 is 1.94 bits per heavy atom. The molecule has 0 unspecified atom stereocenters. The molecule has 0 radical (unpaired) electrons. The largest absolute Gasteiger partial charge is 0.452 e. The van der Waals surface area contributed by atoms with Crippen LogP contribution in [0.3, 0.4) is 0 Å². The predicted molar refractivity (Wildman–Crippen MR) is 60.1 cm³/mol. The van der Waals surface area contributed by atoms with E-state index < -0.39 is 5.60 Å². The lowest BCUT2D eigenvalue weighted by molar-refractivity contribution is -0.144. The molecule has 0 bridgehead atoms. The van der Waals surface area contributed by atoms with Crippen molar-refractivity contribution in [3.8, 4) is 0 Å². The Morgan fingerprint density at radius 1 is 1.31 bits per heavy atom. The Balaban J connectivity index is 2.08. The summed E-state index contributed by atoms with van der Waals surface area (Å²) < 4.78 is 10.6. The van der Waals surface area contributed by atoms with E-state index in [4.69, 9.17) is 9.47 Å². The van der Waals surface area contributed by atoms with Gasteiger partial charge in [0.25, 0.3) is 0 Å². The molecule has 1 fully saturated rings. The van der Waals surface area contributed by atoms with E-state index in [0.29, 0.717) is 6.54 Å². The summed E-state index contributed by atoms with van der Waals surface area (Å²) in [7, 11) is 0. The highest BCUT2D eigenvalue weighted by molar-refractivity contribution is 5.93. The van der Waals surface area contributed by atoms with E-state index in [-0.39, 0.29) is 5.97 Å². The van der Waals surface area contributed by atoms with Crippen molar-refractivity contribution in [1.82, 2.24) is 4.90 Å². The van der Waals surface area contributed by atoms with Crippen molar-refractivity contribution in [2.45, 2.75) is 26.4 Å². The molecule has 0 N–H and O–H groups in total. The van der Waals surface area contributed by atoms with Crippen molar-refractivity contribution < 1.29 is 14.3 Å². The molecule has 0 aliphatic carbocycles. The van der Waals surface area contributed by atoms with Gasteiger partial charge in [0.1, 0.15) is 5.60 Å². The second-order valence-electron chi connectivity index (χ2n) is 4.89. The van der Waals surface area contributed by atoms with Gasteiger partial charge in [0, 0.05) is 19.6 Å². The van der Waals surface area contributed by atoms with E-state index in [2.05, 4.69) is 4.90 Å². The summed E-state index contributed by atoms with van der Waals surface area (Å²) in [6.07, 6.45) is 0. The first-order valence-electron chi connectivity index (χ1n) is 5.74. The fraction of sp³-hybridized carbons (Fsp3) is 0.750. The number of cyclic esters (lactones) is 1. The van der Waals surface area contributed by atoms with Gasteiger partial charge in [0.15, 0.2) is 0 Å². The lowest BCUT2D eigenvalue weighted by atomic mass is 9.97. The third-order valence-electron chi connectivity index (χ3n) is 3.44. The molecular weight excluding hydrogens is 206 g/mol. The number of esters is 1. The van der Waals surface area contributed by atoms with Crippen molar-refractivity contribution in [3.05, 3.63) is 11.1 Å². The topological polar surface area (TPSA) is 38.8 Å². The summed E-state index contributed by atoms with van der Waals surface area (Å²) >= 11 is 0. The smallest absolute Gasteiger partial charge is 0.336 e. The van der Waals surface area contributed by atoms with Crippen LogP contribution in [0, 0.1) is 0 Å². The number of hydrogen-bond acceptors (Lipinski definition) is 4. The molecule has 0 saturated carbocycles. The minimum atomic E-state index is -0.432. The normalized spacial score (nSPS) is 26.1. The maximum absolute atomic E-state index is 11.7. The number of carbonyl (C=O) groups excluding carboxylic acids is 1. The van der Waals surface area contributed by atoms with Gasteiger partial charge in [0.05, 0.1) is 18.8 Å². The van der Waals surface area contributed by atoms with Gasteiger partial charge >= 0.3 is 5.97 Å². The fourth-order valence-corrected chi connectivity index (χ4v) is 2.05. The van der Waals surface area contributed by atoms with Crippen LogP contribution in [0.25, 0.3) is 0 Å². The van der Waals surface area contributed by atoms with Crippen molar-refractivity contribution in [3.63, 3.8) is 0 Å². The minimum absolute atomic E-state index is 0.158. The van der Waals surface area contributed by atoms with Crippen LogP contribution in [-0.4, -0.2) is 49.3 Å². The Kier molecular flexibility index (Phi) is 3.04. The highest BCUT2D eigenvalue weighted by Crippen LogP contribution is 2.32. The zero-order chi connectivity index (χ0) is 11.8. The van der Waals surface area contributed by atoms with Gasteiger partial charge in [0.2, 0.25) is 0 Å². The lowest BCUT2D eigenvalue weighted by Gasteiger charge is -2.26. The second kappa shape index (κ2) is 4.18. The van der Waals surface area contributed by atoms with Crippen LogP contribution >= 0.6 is 0 Å². The summed E-state index contributed by atoms with van der Waals surface area (Å²) in [4.78, 5) is 14.0. The summed E-state index contributed by atoms with van der Waals surface area (Å²) in [5.74, 6) is -0.158. The van der Waals surface area contributed by atoms with E-state index in [0.717, 1.165) is 37.4 Å². The van der Waals surface area contributed by atoms with Gasteiger partial charge in [-0.2, -0.15) is 0 Å². The van der Waals surface area contributed by atoms with Crippen LogP contribution < -0.4 is 0 Å². The minimum Gasteiger partial charge on any atom is -0.452 e. The summed E-state index contributed by atoms with van der Waals surface area (Å²) in [5, 5.41) is 0. The highest BCUT2D eigenvalue weighted by atomic mass is 16.6. The van der Waals surface area contributed by atoms with E-state index in [1.165, 1.54) is 0 Å². The van der Waals surface area contributed by atoms with Gasteiger partial charge < -0.3 is 9.47 Å². The molecular formula is C12H19NO3. The average molecular weight is 225 g/mol. The number of nitrogens with zero attached hydrogens (tertiary/aromatic N) is 1. The highest BCUT2D eigenvalue weighted by Gasteiger charge is 2.38. The third kappa shape index (κ3) is 2.13. The van der Waals surface area contributed by atoms with E-state index in [9.17, 15) is 4.79 Å². The lowest BCUT2D eigenvalue weighted by Crippen LogP contribution is -2.38. The monoisotopic (exact) mass is 225 g/mol. The number of ether oxygens (including phenoxy) is 2.